The monoisotopic (exact) mass is 373 g/mol. The summed E-state index contributed by atoms with van der Waals surface area (Å²) in [7, 11) is 0. The molecular formula is C20H27N3O4. The Labute approximate surface area is 159 Å². The number of benzene rings is 1. The zero-order chi connectivity index (χ0) is 19.6. The topological polar surface area (TPSA) is 98.7 Å². The third-order valence-corrected chi connectivity index (χ3v) is 5.50. The van der Waals surface area contributed by atoms with Crippen LogP contribution < -0.4 is 10.6 Å². The number of likely N-dealkylation sites (N-methyl/N-ethyl adjacent to an activating group) is 1. The number of likely N-dealkylation sites (tertiary alicyclic amines) is 1. The van der Waals surface area contributed by atoms with E-state index in [4.69, 9.17) is 0 Å². The summed E-state index contributed by atoms with van der Waals surface area (Å²) in [6, 6.07) is 3.92. The summed E-state index contributed by atoms with van der Waals surface area (Å²) < 4.78 is 0. The van der Waals surface area contributed by atoms with Gasteiger partial charge >= 0.3 is 0 Å². The van der Waals surface area contributed by atoms with Gasteiger partial charge in [-0.2, -0.15) is 0 Å². The van der Waals surface area contributed by atoms with Crippen LogP contribution in [0.5, 0.6) is 5.75 Å². The highest BCUT2D eigenvalue weighted by atomic mass is 16.3. The fourth-order valence-corrected chi connectivity index (χ4v) is 3.63. The number of rotatable bonds is 5. The molecule has 2 atom stereocenters. The molecule has 2 fully saturated rings. The average Bonchev–Trinajstić information content (AvgIpc) is 3.00. The molecule has 7 nitrogen and oxygen atoms in total. The van der Waals surface area contributed by atoms with E-state index in [0.717, 1.165) is 19.3 Å². The lowest BCUT2D eigenvalue weighted by atomic mass is 9.84. The Kier molecular flexibility index (Phi) is 5.68. The summed E-state index contributed by atoms with van der Waals surface area (Å²) in [5, 5.41) is 15.5. The van der Waals surface area contributed by atoms with E-state index in [1.807, 2.05) is 6.92 Å². The van der Waals surface area contributed by atoms with Gasteiger partial charge in [-0.05, 0) is 50.8 Å². The van der Waals surface area contributed by atoms with E-state index in [-0.39, 0.29) is 35.4 Å². The largest absolute Gasteiger partial charge is 0.508 e. The van der Waals surface area contributed by atoms with Crippen LogP contribution in [0.3, 0.4) is 0 Å². The number of carbonyl (C=O) groups excluding carboxylic acids is 3. The van der Waals surface area contributed by atoms with Gasteiger partial charge in [-0.25, -0.2) is 0 Å². The van der Waals surface area contributed by atoms with Crippen LogP contribution in [0.1, 0.15) is 48.5 Å². The predicted octanol–water partition coefficient (Wildman–Crippen LogP) is 1.34. The van der Waals surface area contributed by atoms with Gasteiger partial charge in [-0.1, -0.05) is 12.5 Å². The Hall–Kier alpha value is -2.57. The molecule has 3 N–H and O–H groups in total. The molecule has 1 aliphatic heterocycles. The zero-order valence-corrected chi connectivity index (χ0v) is 15.8. The van der Waals surface area contributed by atoms with Gasteiger partial charge in [0.1, 0.15) is 11.8 Å². The number of amides is 3. The van der Waals surface area contributed by atoms with Gasteiger partial charge in [0, 0.05) is 30.6 Å². The maximum absolute atomic E-state index is 12.7. The normalized spacial score (nSPS) is 22.2. The van der Waals surface area contributed by atoms with Crippen molar-refractivity contribution in [3.05, 3.63) is 29.3 Å². The van der Waals surface area contributed by atoms with Crippen LogP contribution >= 0.6 is 0 Å². The van der Waals surface area contributed by atoms with Crippen molar-refractivity contribution in [1.82, 2.24) is 15.5 Å². The Morgan fingerprint density at radius 3 is 2.59 bits per heavy atom. The molecule has 1 saturated heterocycles. The molecule has 27 heavy (non-hydrogen) atoms. The highest BCUT2D eigenvalue weighted by molar-refractivity contribution is 5.95. The van der Waals surface area contributed by atoms with Crippen LogP contribution in [-0.4, -0.2) is 52.9 Å². The smallest absolute Gasteiger partial charge is 0.251 e. The van der Waals surface area contributed by atoms with Crippen LogP contribution in [0, 0.1) is 12.8 Å². The Bertz CT molecular complexity index is 745. The molecule has 146 valence electrons. The van der Waals surface area contributed by atoms with E-state index in [2.05, 4.69) is 10.6 Å². The minimum absolute atomic E-state index is 0.00502. The van der Waals surface area contributed by atoms with E-state index in [9.17, 15) is 19.5 Å². The van der Waals surface area contributed by atoms with E-state index < -0.39 is 6.04 Å². The Morgan fingerprint density at radius 2 is 2.00 bits per heavy atom. The number of phenols is 1. The number of aryl methyl sites for hydroxylation is 1. The van der Waals surface area contributed by atoms with Crippen molar-refractivity contribution >= 4 is 17.7 Å². The summed E-state index contributed by atoms with van der Waals surface area (Å²) in [5.74, 6) is -0.401. The minimum Gasteiger partial charge on any atom is -0.508 e. The third kappa shape index (κ3) is 4.07. The number of hydrogen-bond donors (Lipinski definition) is 3. The molecular weight excluding hydrogens is 346 g/mol. The second kappa shape index (κ2) is 7.98. The predicted molar refractivity (Wildman–Crippen MR) is 100 cm³/mol. The first kappa shape index (κ1) is 19.2. The molecule has 1 saturated carbocycles. The molecule has 1 aromatic carbocycles. The van der Waals surface area contributed by atoms with Crippen LogP contribution in [0.2, 0.25) is 0 Å². The van der Waals surface area contributed by atoms with E-state index in [1.165, 1.54) is 6.07 Å². The summed E-state index contributed by atoms with van der Waals surface area (Å²) in [5.41, 5.74) is 1.05. The van der Waals surface area contributed by atoms with Gasteiger partial charge < -0.3 is 20.6 Å². The second-order valence-electron chi connectivity index (χ2n) is 7.44. The first-order valence-corrected chi connectivity index (χ1v) is 9.59. The van der Waals surface area contributed by atoms with Gasteiger partial charge in [-0.3, -0.25) is 14.4 Å². The van der Waals surface area contributed by atoms with Crippen molar-refractivity contribution in [3.8, 4) is 5.75 Å². The molecule has 0 spiro atoms. The molecule has 1 aromatic rings. The molecule has 2 unspecified atom stereocenters. The number of hydrogen-bond acceptors (Lipinski definition) is 4. The molecule has 3 amide bonds. The molecule has 2 aliphatic rings. The average molecular weight is 373 g/mol. The lowest BCUT2D eigenvalue weighted by molar-refractivity contribution is -0.143. The highest BCUT2D eigenvalue weighted by Gasteiger charge is 2.43. The Balaban J connectivity index is 1.70. The summed E-state index contributed by atoms with van der Waals surface area (Å²) in [6.07, 6.45) is 3.19. The van der Waals surface area contributed by atoms with Crippen molar-refractivity contribution in [3.63, 3.8) is 0 Å². The zero-order valence-electron chi connectivity index (χ0n) is 15.8. The van der Waals surface area contributed by atoms with Crippen LogP contribution in [-0.2, 0) is 9.59 Å². The van der Waals surface area contributed by atoms with Crippen LogP contribution in [0.15, 0.2) is 18.2 Å². The number of aromatic hydroxyl groups is 1. The molecule has 1 heterocycles. The van der Waals surface area contributed by atoms with Crippen molar-refractivity contribution in [2.75, 3.05) is 13.1 Å². The Morgan fingerprint density at radius 1 is 1.26 bits per heavy atom. The summed E-state index contributed by atoms with van der Waals surface area (Å²) >= 11 is 0. The number of nitrogens with zero attached hydrogens (tertiary/aromatic N) is 1. The SMILES string of the molecule is CCNC(=O)C1CC(NC(=O)c2ccc(C)c(O)c2)CN1C(=O)C1CCC1. The standard InChI is InChI=1S/C20H27N3O4/c1-3-21-19(26)16-10-15(11-23(16)20(27)13-5-4-6-13)22-18(25)14-8-7-12(2)17(24)9-14/h7-9,13,15-16,24H,3-6,10-11H2,1-2H3,(H,21,26)(H,22,25). The first-order valence-electron chi connectivity index (χ1n) is 9.59. The van der Waals surface area contributed by atoms with Crippen molar-refractivity contribution in [2.24, 2.45) is 5.92 Å². The molecule has 7 heteroatoms. The van der Waals surface area contributed by atoms with Gasteiger partial charge in [0.2, 0.25) is 11.8 Å². The first-order chi connectivity index (χ1) is 12.9. The van der Waals surface area contributed by atoms with Crippen LogP contribution in [0.25, 0.3) is 0 Å². The molecule has 0 radical (unpaired) electrons. The summed E-state index contributed by atoms with van der Waals surface area (Å²) in [6.45, 7) is 4.43. The lowest BCUT2D eigenvalue weighted by Gasteiger charge is -2.32. The number of phenolic OH excluding ortho intramolecular Hbond substituents is 1. The van der Waals surface area contributed by atoms with Gasteiger partial charge in [0.25, 0.3) is 5.91 Å². The molecule has 1 aliphatic carbocycles. The fourth-order valence-electron chi connectivity index (χ4n) is 3.63. The molecule has 3 rings (SSSR count). The van der Waals surface area contributed by atoms with Gasteiger partial charge in [0.05, 0.1) is 0 Å². The summed E-state index contributed by atoms with van der Waals surface area (Å²) in [4.78, 5) is 39.3. The minimum atomic E-state index is -0.547. The van der Waals surface area contributed by atoms with Crippen molar-refractivity contribution < 1.29 is 19.5 Å². The lowest BCUT2D eigenvalue weighted by Crippen LogP contribution is -2.49. The van der Waals surface area contributed by atoms with E-state index in [1.54, 1.807) is 24.0 Å². The highest BCUT2D eigenvalue weighted by Crippen LogP contribution is 2.31. The van der Waals surface area contributed by atoms with Crippen LogP contribution in [0.4, 0.5) is 0 Å². The number of carbonyl (C=O) groups is 3. The maximum Gasteiger partial charge on any atom is 0.251 e. The van der Waals surface area contributed by atoms with Gasteiger partial charge in [0.15, 0.2) is 0 Å². The van der Waals surface area contributed by atoms with Crippen molar-refractivity contribution in [1.29, 1.82) is 0 Å². The van der Waals surface area contributed by atoms with E-state index >= 15 is 0 Å². The quantitative estimate of drug-likeness (QED) is 0.725. The second-order valence-corrected chi connectivity index (χ2v) is 7.44. The molecule has 0 aromatic heterocycles. The fraction of sp³-hybridized carbons (Fsp3) is 0.550. The molecule has 0 bridgehead atoms. The number of nitrogens with one attached hydrogen (secondary N) is 2. The van der Waals surface area contributed by atoms with Crippen molar-refractivity contribution in [2.45, 2.75) is 51.6 Å². The third-order valence-electron chi connectivity index (χ3n) is 5.50. The van der Waals surface area contributed by atoms with E-state index in [0.29, 0.717) is 30.6 Å². The van der Waals surface area contributed by atoms with Gasteiger partial charge in [-0.15, -0.1) is 0 Å². The maximum atomic E-state index is 12.7.